The van der Waals surface area contributed by atoms with Crippen molar-refractivity contribution in [1.82, 2.24) is 9.88 Å². The largest absolute Gasteiger partial charge is 0.494 e. The van der Waals surface area contributed by atoms with Gasteiger partial charge in [-0.05, 0) is 29.3 Å². The highest BCUT2D eigenvalue weighted by molar-refractivity contribution is 6.33. The maximum atomic E-state index is 13.8. The number of amides is 1. The van der Waals surface area contributed by atoms with E-state index in [1.54, 1.807) is 12.3 Å². The van der Waals surface area contributed by atoms with Crippen LogP contribution in [0.5, 0.6) is 5.75 Å². The Balaban J connectivity index is 1.78. The molecule has 28 heavy (non-hydrogen) atoms. The van der Waals surface area contributed by atoms with Crippen LogP contribution < -0.4 is 15.6 Å². The van der Waals surface area contributed by atoms with Crippen LogP contribution in [0, 0.1) is 5.82 Å². The van der Waals surface area contributed by atoms with Gasteiger partial charge in [0.2, 0.25) is 0 Å². The zero-order chi connectivity index (χ0) is 20.1. The topological polar surface area (TPSA) is 60.3 Å². The molecule has 1 heterocycles. The van der Waals surface area contributed by atoms with E-state index in [4.69, 9.17) is 16.3 Å². The summed E-state index contributed by atoms with van der Waals surface area (Å²) in [5, 5.41) is 2.67. The molecule has 3 aromatic rings. The lowest BCUT2D eigenvalue weighted by Gasteiger charge is -2.11. The van der Waals surface area contributed by atoms with Gasteiger partial charge < -0.3 is 14.6 Å². The van der Waals surface area contributed by atoms with Gasteiger partial charge in [0.1, 0.15) is 5.56 Å². The quantitative estimate of drug-likeness (QED) is 0.687. The zero-order valence-corrected chi connectivity index (χ0v) is 15.9. The molecular weight excluding hydrogens is 383 g/mol. The van der Waals surface area contributed by atoms with Crippen molar-refractivity contribution in [3.8, 4) is 5.75 Å². The number of carbonyl (C=O) groups excluding carboxylic acids is 1. The molecule has 1 N–H and O–H groups in total. The Morgan fingerprint density at radius 3 is 2.57 bits per heavy atom. The van der Waals surface area contributed by atoms with E-state index in [2.05, 4.69) is 5.32 Å². The Morgan fingerprint density at radius 2 is 1.89 bits per heavy atom. The van der Waals surface area contributed by atoms with E-state index < -0.39 is 17.3 Å². The number of nitrogens with one attached hydrogen (secondary N) is 1. The first-order valence-electron chi connectivity index (χ1n) is 8.53. The first-order valence-corrected chi connectivity index (χ1v) is 8.91. The minimum atomic E-state index is -0.617. The fraction of sp³-hybridized carbons (Fsp3) is 0.143. The van der Waals surface area contributed by atoms with Crippen molar-refractivity contribution < 1.29 is 13.9 Å². The average Bonchev–Trinajstić information content (AvgIpc) is 2.69. The van der Waals surface area contributed by atoms with Gasteiger partial charge in [0.05, 0.1) is 18.7 Å². The molecule has 0 fully saturated rings. The summed E-state index contributed by atoms with van der Waals surface area (Å²) in [4.78, 5) is 25.3. The third-order valence-corrected chi connectivity index (χ3v) is 4.52. The summed E-state index contributed by atoms with van der Waals surface area (Å²) in [5.41, 5.74) is 0.819. The highest BCUT2D eigenvalue weighted by Gasteiger charge is 2.17. The summed E-state index contributed by atoms with van der Waals surface area (Å²) in [5.74, 6) is -1.03. The van der Waals surface area contributed by atoms with Gasteiger partial charge in [-0.2, -0.15) is 0 Å². The van der Waals surface area contributed by atoms with Gasteiger partial charge in [0.15, 0.2) is 11.6 Å². The van der Waals surface area contributed by atoms with Crippen molar-refractivity contribution in [2.75, 3.05) is 7.11 Å². The summed E-state index contributed by atoms with van der Waals surface area (Å²) in [6, 6.07) is 15.3. The van der Waals surface area contributed by atoms with E-state index in [1.807, 2.05) is 30.3 Å². The van der Waals surface area contributed by atoms with Crippen LogP contribution >= 0.6 is 11.6 Å². The van der Waals surface area contributed by atoms with Crippen LogP contribution in [0.15, 0.2) is 65.6 Å². The number of methoxy groups -OCH3 is 1. The number of pyridine rings is 1. The van der Waals surface area contributed by atoms with Gasteiger partial charge >= 0.3 is 0 Å². The van der Waals surface area contributed by atoms with E-state index in [0.29, 0.717) is 12.1 Å². The zero-order valence-electron chi connectivity index (χ0n) is 15.1. The first-order chi connectivity index (χ1) is 13.5. The maximum Gasteiger partial charge on any atom is 0.265 e. The Labute approximate surface area is 166 Å². The van der Waals surface area contributed by atoms with Crippen LogP contribution in [0.2, 0.25) is 5.02 Å². The van der Waals surface area contributed by atoms with Crippen LogP contribution in [0.1, 0.15) is 21.5 Å². The Bertz CT molecular complexity index is 1050. The number of ether oxygens (including phenoxy) is 1. The molecule has 0 bridgehead atoms. The normalized spacial score (nSPS) is 10.5. The number of aromatic nitrogens is 1. The Morgan fingerprint density at radius 1 is 1.14 bits per heavy atom. The van der Waals surface area contributed by atoms with Crippen molar-refractivity contribution >= 4 is 17.5 Å². The first kappa shape index (κ1) is 19.6. The maximum absolute atomic E-state index is 13.8. The van der Waals surface area contributed by atoms with Gasteiger partial charge in [-0.1, -0.05) is 48.0 Å². The molecular formula is C21H18ClFN2O3. The summed E-state index contributed by atoms with van der Waals surface area (Å²) < 4.78 is 20.1. The molecule has 0 radical (unpaired) electrons. The number of hydrogen-bond donors (Lipinski definition) is 1. The van der Waals surface area contributed by atoms with Crippen molar-refractivity contribution in [2.45, 2.75) is 13.1 Å². The Kier molecular flexibility index (Phi) is 6.11. The highest BCUT2D eigenvalue weighted by Crippen LogP contribution is 2.18. The van der Waals surface area contributed by atoms with Crippen LogP contribution in [0.25, 0.3) is 0 Å². The Hall–Kier alpha value is -3.12. The molecule has 144 valence electrons. The fourth-order valence-electron chi connectivity index (χ4n) is 2.75. The van der Waals surface area contributed by atoms with Gasteiger partial charge in [-0.25, -0.2) is 4.39 Å². The lowest BCUT2D eigenvalue weighted by molar-refractivity contribution is 0.0949. The number of benzene rings is 2. The minimum absolute atomic E-state index is 0.0447. The number of hydrogen-bond acceptors (Lipinski definition) is 3. The van der Waals surface area contributed by atoms with E-state index in [9.17, 15) is 14.0 Å². The highest BCUT2D eigenvalue weighted by atomic mass is 35.5. The van der Waals surface area contributed by atoms with Gasteiger partial charge in [-0.15, -0.1) is 0 Å². The van der Waals surface area contributed by atoms with Crippen LogP contribution in [0.3, 0.4) is 0 Å². The molecule has 0 aliphatic rings. The SMILES string of the molecule is COc1ccc(CNC(=O)c2c(Cl)ccn(Cc3ccccc3)c2=O)cc1F. The standard InChI is InChI=1S/C21H18ClFN2O3/c1-28-18-8-7-15(11-17(18)23)12-24-20(26)19-16(22)9-10-25(21(19)27)13-14-5-3-2-4-6-14/h2-11H,12-13H2,1H3,(H,24,26). The lowest BCUT2D eigenvalue weighted by atomic mass is 10.2. The summed E-state index contributed by atoms with van der Waals surface area (Å²) in [6.07, 6.45) is 1.55. The van der Waals surface area contributed by atoms with E-state index in [-0.39, 0.29) is 22.9 Å². The van der Waals surface area contributed by atoms with Crippen molar-refractivity contribution in [3.63, 3.8) is 0 Å². The van der Waals surface area contributed by atoms with Gasteiger partial charge in [-0.3, -0.25) is 9.59 Å². The third kappa shape index (κ3) is 4.40. The molecule has 3 rings (SSSR count). The van der Waals surface area contributed by atoms with Crippen LogP contribution in [-0.4, -0.2) is 17.6 Å². The van der Waals surface area contributed by atoms with Crippen molar-refractivity contribution in [3.05, 3.63) is 98.7 Å². The lowest BCUT2D eigenvalue weighted by Crippen LogP contribution is -2.33. The van der Waals surface area contributed by atoms with Gasteiger partial charge in [0.25, 0.3) is 11.5 Å². The molecule has 0 aliphatic heterocycles. The summed E-state index contributed by atoms with van der Waals surface area (Å²) >= 11 is 6.10. The smallest absolute Gasteiger partial charge is 0.265 e. The molecule has 1 amide bonds. The molecule has 0 saturated heterocycles. The molecule has 0 atom stereocenters. The molecule has 0 spiro atoms. The molecule has 0 saturated carbocycles. The second-order valence-electron chi connectivity index (χ2n) is 6.11. The number of halogens is 2. The fourth-order valence-corrected chi connectivity index (χ4v) is 2.98. The molecule has 5 nitrogen and oxygen atoms in total. The third-order valence-electron chi connectivity index (χ3n) is 4.21. The second kappa shape index (κ2) is 8.71. The van der Waals surface area contributed by atoms with Crippen LogP contribution in [0.4, 0.5) is 4.39 Å². The van der Waals surface area contributed by atoms with Crippen molar-refractivity contribution in [2.24, 2.45) is 0 Å². The van der Waals surface area contributed by atoms with Crippen molar-refractivity contribution in [1.29, 1.82) is 0 Å². The molecule has 0 unspecified atom stereocenters. The number of nitrogens with zero attached hydrogens (tertiary/aromatic N) is 1. The monoisotopic (exact) mass is 400 g/mol. The average molecular weight is 401 g/mol. The number of carbonyl (C=O) groups is 1. The predicted molar refractivity (Wildman–Crippen MR) is 105 cm³/mol. The molecule has 2 aromatic carbocycles. The molecule has 1 aromatic heterocycles. The van der Waals surface area contributed by atoms with E-state index in [0.717, 1.165) is 5.56 Å². The minimum Gasteiger partial charge on any atom is -0.494 e. The van der Waals surface area contributed by atoms with E-state index in [1.165, 1.54) is 29.9 Å². The second-order valence-corrected chi connectivity index (χ2v) is 6.52. The predicted octanol–water partition coefficient (Wildman–Crippen LogP) is 3.63. The van der Waals surface area contributed by atoms with E-state index >= 15 is 0 Å². The van der Waals surface area contributed by atoms with Crippen LogP contribution in [-0.2, 0) is 13.1 Å². The molecule has 7 heteroatoms. The summed E-state index contributed by atoms with van der Waals surface area (Å²) in [6.45, 7) is 0.365. The number of rotatable bonds is 6. The summed E-state index contributed by atoms with van der Waals surface area (Å²) in [7, 11) is 1.37. The molecule has 0 aliphatic carbocycles. The van der Waals surface area contributed by atoms with Gasteiger partial charge in [0, 0.05) is 12.7 Å².